The lowest BCUT2D eigenvalue weighted by molar-refractivity contribution is 0.555. The minimum absolute atomic E-state index is 0.00369. The van der Waals surface area contributed by atoms with Crippen LogP contribution >= 0.6 is 0 Å². The fourth-order valence-electron chi connectivity index (χ4n) is 3.54. The van der Waals surface area contributed by atoms with Crippen LogP contribution in [0.4, 0.5) is 28.8 Å². The smallest absolute Gasteiger partial charge is 0.408 e. The fraction of sp³-hybridized carbons (Fsp3) is 0.0800. The van der Waals surface area contributed by atoms with Crippen molar-refractivity contribution in [2.75, 3.05) is 15.4 Å². The Labute approximate surface area is 206 Å². The second-order valence-electron chi connectivity index (χ2n) is 8.19. The third kappa shape index (κ3) is 5.20. The van der Waals surface area contributed by atoms with Crippen LogP contribution in [0.3, 0.4) is 0 Å². The van der Waals surface area contributed by atoms with Gasteiger partial charge in [-0.2, -0.15) is 4.98 Å². The van der Waals surface area contributed by atoms with Gasteiger partial charge in [0.15, 0.2) is 5.58 Å². The van der Waals surface area contributed by atoms with Gasteiger partial charge in [0.1, 0.15) is 5.82 Å². The number of benzene rings is 3. The predicted molar refractivity (Wildman–Crippen MR) is 139 cm³/mol. The van der Waals surface area contributed by atoms with E-state index in [0.717, 1.165) is 11.4 Å². The number of aryl methyl sites for hydroxylation is 2. The third-order valence-electron chi connectivity index (χ3n) is 5.27. The highest BCUT2D eigenvalue weighted by molar-refractivity contribution is 7.92. The van der Waals surface area contributed by atoms with E-state index < -0.39 is 15.8 Å². The van der Waals surface area contributed by atoms with E-state index in [0.29, 0.717) is 28.7 Å². The molecule has 0 unspecified atom stereocenters. The van der Waals surface area contributed by atoms with Gasteiger partial charge in [-0.05, 0) is 68.4 Å². The van der Waals surface area contributed by atoms with Crippen molar-refractivity contribution in [1.82, 2.24) is 15.0 Å². The van der Waals surface area contributed by atoms with Crippen molar-refractivity contribution < 1.29 is 12.8 Å². The molecular formula is C25H22N6O4S. The van der Waals surface area contributed by atoms with Crippen LogP contribution in [0.15, 0.2) is 86.9 Å². The number of nitrogens with one attached hydrogen (secondary N) is 4. The minimum Gasteiger partial charge on any atom is -0.408 e. The van der Waals surface area contributed by atoms with Gasteiger partial charge >= 0.3 is 5.76 Å². The first kappa shape index (κ1) is 23.1. The van der Waals surface area contributed by atoms with Crippen molar-refractivity contribution in [2.45, 2.75) is 18.7 Å². The molecule has 0 aliphatic rings. The standard InChI is InChI=1S/C25H22N6O4S/c1-15-3-5-17(6-4-15)27-23-13-16(2)26-24(30-23)28-18-7-9-19(10-8-18)31-36(33,34)20-11-12-22-21(14-20)29-25(32)35-22/h3-14,31H,1-2H3,(H,29,32)(H2,26,27,28,30). The number of fused-ring (bicyclic) bond motifs is 1. The molecule has 36 heavy (non-hydrogen) atoms. The second-order valence-corrected chi connectivity index (χ2v) is 9.87. The van der Waals surface area contributed by atoms with E-state index in [-0.39, 0.29) is 10.5 Å². The Balaban J connectivity index is 1.29. The summed E-state index contributed by atoms with van der Waals surface area (Å²) in [5.74, 6) is 0.403. The number of H-pyrrole nitrogens is 1. The van der Waals surface area contributed by atoms with E-state index in [1.807, 2.05) is 44.2 Å². The first-order chi connectivity index (χ1) is 17.2. The number of nitrogens with zero attached hydrogens (tertiary/aromatic N) is 2. The van der Waals surface area contributed by atoms with Crippen molar-refractivity contribution in [3.8, 4) is 0 Å². The van der Waals surface area contributed by atoms with E-state index in [2.05, 4.69) is 30.3 Å². The Kier molecular flexibility index (Phi) is 5.90. The summed E-state index contributed by atoms with van der Waals surface area (Å²) in [5.41, 5.74) is 4.50. The third-order valence-corrected chi connectivity index (χ3v) is 6.65. The van der Waals surface area contributed by atoms with Crippen LogP contribution in [0.5, 0.6) is 0 Å². The molecule has 4 N–H and O–H groups in total. The van der Waals surface area contributed by atoms with E-state index in [4.69, 9.17) is 4.42 Å². The number of rotatable bonds is 7. The number of aromatic amines is 1. The SMILES string of the molecule is Cc1ccc(Nc2cc(C)nc(Nc3ccc(NS(=O)(=O)c4ccc5oc(=O)[nH]c5c4)cc3)n2)cc1. The molecule has 2 heterocycles. The number of hydrogen-bond donors (Lipinski definition) is 4. The molecule has 0 amide bonds. The average molecular weight is 503 g/mol. The molecule has 0 aliphatic carbocycles. The van der Waals surface area contributed by atoms with Crippen molar-refractivity contribution in [3.05, 3.63) is 94.6 Å². The van der Waals surface area contributed by atoms with Crippen LogP contribution in [0.2, 0.25) is 0 Å². The molecule has 0 saturated carbocycles. The molecule has 5 rings (SSSR count). The number of oxazole rings is 1. The zero-order valence-electron chi connectivity index (χ0n) is 19.4. The Hall–Kier alpha value is -4.64. The molecule has 0 fully saturated rings. The Morgan fingerprint density at radius 2 is 1.47 bits per heavy atom. The van der Waals surface area contributed by atoms with Crippen LogP contribution in [0.1, 0.15) is 11.3 Å². The number of aromatic nitrogens is 3. The van der Waals surface area contributed by atoms with Gasteiger partial charge in [-0.15, -0.1) is 0 Å². The molecule has 3 aromatic carbocycles. The van der Waals surface area contributed by atoms with Crippen molar-refractivity contribution in [3.63, 3.8) is 0 Å². The molecule has 2 aromatic heterocycles. The van der Waals surface area contributed by atoms with Crippen LogP contribution in [-0.4, -0.2) is 23.4 Å². The summed E-state index contributed by atoms with van der Waals surface area (Å²) in [6.45, 7) is 3.90. The van der Waals surface area contributed by atoms with Gasteiger partial charge in [0, 0.05) is 28.8 Å². The van der Waals surface area contributed by atoms with E-state index >= 15 is 0 Å². The van der Waals surface area contributed by atoms with Crippen molar-refractivity contribution >= 4 is 50.0 Å². The van der Waals surface area contributed by atoms with Gasteiger partial charge < -0.3 is 15.1 Å². The average Bonchev–Trinajstić information content (AvgIpc) is 3.21. The maximum Gasteiger partial charge on any atom is 0.417 e. The van der Waals surface area contributed by atoms with Gasteiger partial charge in [0.25, 0.3) is 10.0 Å². The van der Waals surface area contributed by atoms with Crippen LogP contribution in [-0.2, 0) is 10.0 Å². The van der Waals surface area contributed by atoms with Crippen molar-refractivity contribution in [1.29, 1.82) is 0 Å². The molecule has 0 atom stereocenters. The largest absolute Gasteiger partial charge is 0.417 e. The first-order valence-corrected chi connectivity index (χ1v) is 12.4. The van der Waals surface area contributed by atoms with Gasteiger partial charge in [-0.3, -0.25) is 9.71 Å². The summed E-state index contributed by atoms with van der Waals surface area (Å²) in [5, 5.41) is 6.41. The highest BCUT2D eigenvalue weighted by atomic mass is 32.2. The zero-order valence-corrected chi connectivity index (χ0v) is 20.2. The summed E-state index contributed by atoms with van der Waals surface area (Å²) >= 11 is 0. The zero-order chi connectivity index (χ0) is 25.3. The maximum absolute atomic E-state index is 12.8. The van der Waals surface area contributed by atoms with Gasteiger partial charge in [0.2, 0.25) is 5.95 Å². The monoisotopic (exact) mass is 502 g/mol. The number of sulfonamides is 1. The highest BCUT2D eigenvalue weighted by Crippen LogP contribution is 2.23. The summed E-state index contributed by atoms with van der Waals surface area (Å²) in [7, 11) is -3.88. The molecule has 0 radical (unpaired) electrons. The number of anilines is 5. The molecule has 0 saturated heterocycles. The lowest BCUT2D eigenvalue weighted by atomic mass is 10.2. The topological polar surface area (TPSA) is 142 Å². The van der Waals surface area contributed by atoms with Gasteiger partial charge in [0.05, 0.1) is 10.4 Å². The summed E-state index contributed by atoms with van der Waals surface area (Å²) in [6.07, 6.45) is 0. The Morgan fingerprint density at radius 3 is 2.22 bits per heavy atom. The normalized spacial score (nSPS) is 11.4. The van der Waals surface area contributed by atoms with Gasteiger partial charge in [-0.25, -0.2) is 18.2 Å². The number of hydrogen-bond acceptors (Lipinski definition) is 8. The van der Waals surface area contributed by atoms with E-state index in [1.54, 1.807) is 24.3 Å². The Morgan fingerprint density at radius 1 is 0.806 bits per heavy atom. The highest BCUT2D eigenvalue weighted by Gasteiger charge is 2.16. The maximum atomic E-state index is 12.8. The molecule has 0 spiro atoms. The predicted octanol–water partition coefficient (Wildman–Crippen LogP) is 4.82. The van der Waals surface area contributed by atoms with E-state index in [9.17, 15) is 13.2 Å². The van der Waals surface area contributed by atoms with Crippen LogP contribution < -0.4 is 21.1 Å². The quantitative estimate of drug-likeness (QED) is 0.248. The minimum atomic E-state index is -3.88. The molecule has 5 aromatic rings. The summed E-state index contributed by atoms with van der Waals surface area (Å²) < 4.78 is 33.0. The van der Waals surface area contributed by atoms with Gasteiger partial charge in [-0.1, -0.05) is 17.7 Å². The lowest BCUT2D eigenvalue weighted by Gasteiger charge is -2.11. The van der Waals surface area contributed by atoms with Crippen LogP contribution in [0, 0.1) is 13.8 Å². The first-order valence-electron chi connectivity index (χ1n) is 11.0. The molecule has 0 bridgehead atoms. The Bertz CT molecular complexity index is 1710. The van der Waals surface area contributed by atoms with E-state index in [1.165, 1.54) is 23.8 Å². The lowest BCUT2D eigenvalue weighted by Crippen LogP contribution is -2.12. The summed E-state index contributed by atoms with van der Waals surface area (Å²) in [4.78, 5) is 22.7. The fourth-order valence-corrected chi connectivity index (χ4v) is 4.62. The van der Waals surface area contributed by atoms with Crippen LogP contribution in [0.25, 0.3) is 11.1 Å². The second kappa shape index (κ2) is 9.19. The molecule has 0 aliphatic heterocycles. The molecular weight excluding hydrogens is 480 g/mol. The molecule has 10 nitrogen and oxygen atoms in total. The summed E-state index contributed by atoms with van der Waals surface area (Å²) in [6, 6.07) is 20.7. The molecule has 11 heteroatoms. The molecule has 182 valence electrons. The van der Waals surface area contributed by atoms with Crippen molar-refractivity contribution in [2.24, 2.45) is 0 Å².